The first-order chi connectivity index (χ1) is 11.5. The van der Waals surface area contributed by atoms with Crippen molar-refractivity contribution < 1.29 is 77.2 Å². The van der Waals surface area contributed by atoms with E-state index in [9.17, 15) is 4.79 Å². The van der Waals surface area contributed by atoms with Crippen molar-refractivity contribution in [2.45, 2.75) is 110 Å². The molecule has 0 bridgehead atoms. The van der Waals surface area contributed by atoms with Gasteiger partial charge in [0, 0.05) is 5.92 Å². The molecule has 1 atom stereocenters. The van der Waals surface area contributed by atoms with Gasteiger partial charge >= 0.3 is 59.1 Å². The summed E-state index contributed by atoms with van der Waals surface area (Å²) in [4.78, 5) is 10.5. The van der Waals surface area contributed by atoms with Crippen LogP contribution in [-0.2, 0) is 16.2 Å². The monoisotopic (exact) mass is 408 g/mol. The molecule has 0 aromatic carbocycles. The van der Waals surface area contributed by atoms with Crippen LogP contribution in [0.1, 0.15) is 110 Å². The minimum Gasteiger partial charge on any atom is -0.784 e. The Kier molecular flexibility index (Phi) is 42.6. The number of hydrogen-bond donors (Lipinski definition) is 0. The summed E-state index contributed by atoms with van der Waals surface area (Å²) in [7, 11) is 0. The average Bonchev–Trinajstić information content (AvgIpc) is 2.54. The van der Waals surface area contributed by atoms with Crippen LogP contribution in [-0.4, -0.2) is 19.6 Å². The van der Waals surface area contributed by atoms with Gasteiger partial charge in [0.15, 0.2) is 0 Å². The second kappa shape index (κ2) is 31.4. The van der Waals surface area contributed by atoms with Gasteiger partial charge in [0.05, 0.1) is 0 Å². The van der Waals surface area contributed by atoms with Crippen LogP contribution in [0.25, 0.3) is 0 Å². The number of carbonyl (C=O) groups excluding carboxylic acids is 1. The molecule has 0 rings (SSSR count). The molecule has 0 saturated carbocycles. The van der Waals surface area contributed by atoms with Crippen LogP contribution in [0.5, 0.6) is 0 Å². The van der Waals surface area contributed by atoms with Crippen molar-refractivity contribution in [1.82, 2.24) is 0 Å². The molecule has 0 saturated heterocycles. The van der Waals surface area contributed by atoms with E-state index >= 15 is 0 Å². The van der Waals surface area contributed by atoms with Crippen molar-refractivity contribution in [3.8, 4) is 0 Å². The fourth-order valence-corrected chi connectivity index (χ4v) is 2.73. The van der Waals surface area contributed by atoms with Gasteiger partial charge in [-0.2, -0.15) is 0 Å². The van der Waals surface area contributed by atoms with Crippen molar-refractivity contribution in [2.24, 2.45) is 5.92 Å². The van der Waals surface area contributed by atoms with Crippen LogP contribution in [0.4, 0.5) is 0 Å². The summed E-state index contributed by atoms with van der Waals surface area (Å²) in [6.45, 7) is 4.30. The zero-order valence-corrected chi connectivity index (χ0v) is 22.6. The van der Waals surface area contributed by atoms with Crippen LogP contribution in [0.2, 0.25) is 0 Å². The van der Waals surface area contributed by atoms with Gasteiger partial charge in [0.2, 0.25) is 0 Å². The molecule has 0 amide bonds. The third-order valence-electron chi connectivity index (χ3n) is 4.25. The minimum absolute atomic E-state index is 0. The Bertz CT molecular complexity index is 278. The molecule has 0 aliphatic heterocycles. The number of aldehydes is 1. The summed E-state index contributed by atoms with van der Waals surface area (Å²) in [5.74, 6) is 0.271. The molecule has 0 aromatic heterocycles. The second-order valence-corrected chi connectivity index (χ2v) is 7.11. The SMILES string of the molecule is CCCCCCCCCCCCCCCCC(C)C=O.O=S([O-])[O-].[Na+].[Na+]. The molecule has 4 nitrogen and oxygen atoms in total. The maximum atomic E-state index is 10.5. The van der Waals surface area contributed by atoms with Crippen molar-refractivity contribution >= 4 is 17.6 Å². The molecule has 26 heavy (non-hydrogen) atoms. The maximum Gasteiger partial charge on any atom is 1.00 e. The summed E-state index contributed by atoms with van der Waals surface area (Å²) < 4.78 is 25.3. The van der Waals surface area contributed by atoms with Gasteiger partial charge in [-0.3, -0.25) is 4.21 Å². The topological polar surface area (TPSA) is 80.3 Å². The number of hydrogen-bond acceptors (Lipinski definition) is 4. The van der Waals surface area contributed by atoms with Crippen molar-refractivity contribution in [3.63, 3.8) is 0 Å². The largest absolute Gasteiger partial charge is 1.00 e. The minimum atomic E-state index is -3.11. The Morgan fingerprint density at radius 3 is 1.27 bits per heavy atom. The first-order valence-corrected chi connectivity index (χ1v) is 10.8. The Balaban J connectivity index is -0.000000363. The van der Waals surface area contributed by atoms with Crippen LogP contribution < -0.4 is 59.1 Å². The first kappa shape index (κ1) is 35.2. The molecule has 1 unspecified atom stereocenters. The molecule has 0 heterocycles. The fourth-order valence-electron chi connectivity index (χ4n) is 2.73. The van der Waals surface area contributed by atoms with Gasteiger partial charge in [-0.05, 0) is 6.42 Å². The van der Waals surface area contributed by atoms with Crippen molar-refractivity contribution in [2.75, 3.05) is 0 Å². The number of rotatable bonds is 16. The Morgan fingerprint density at radius 1 is 0.731 bits per heavy atom. The van der Waals surface area contributed by atoms with Gasteiger partial charge in [0.25, 0.3) is 0 Å². The Hall–Kier alpha value is 1.74. The molecule has 0 aromatic rings. The molecular formula is C19H38Na2O4S. The maximum absolute atomic E-state index is 10.5. The fraction of sp³-hybridized carbons (Fsp3) is 0.947. The molecule has 0 fully saturated rings. The summed E-state index contributed by atoms with van der Waals surface area (Å²) in [6, 6.07) is 0. The summed E-state index contributed by atoms with van der Waals surface area (Å²) in [6.07, 6.45) is 21.8. The van der Waals surface area contributed by atoms with E-state index in [0.717, 1.165) is 12.7 Å². The predicted molar refractivity (Wildman–Crippen MR) is 99.9 cm³/mol. The molecule has 0 aliphatic rings. The molecule has 0 radical (unpaired) electrons. The van der Waals surface area contributed by atoms with Crippen LogP contribution in [0.3, 0.4) is 0 Å². The van der Waals surface area contributed by atoms with E-state index < -0.39 is 11.4 Å². The first-order valence-electron chi connectivity index (χ1n) is 9.76. The van der Waals surface area contributed by atoms with Gasteiger partial charge in [0.1, 0.15) is 6.29 Å². The van der Waals surface area contributed by atoms with Crippen LogP contribution in [0.15, 0.2) is 0 Å². The number of carbonyl (C=O) groups is 1. The molecule has 146 valence electrons. The van der Waals surface area contributed by atoms with E-state index in [4.69, 9.17) is 13.3 Å². The molecule has 7 heteroatoms. The van der Waals surface area contributed by atoms with Crippen molar-refractivity contribution in [1.29, 1.82) is 0 Å². The summed E-state index contributed by atoms with van der Waals surface area (Å²) in [5.41, 5.74) is 0. The van der Waals surface area contributed by atoms with Gasteiger partial charge in [-0.1, -0.05) is 104 Å². The average molecular weight is 409 g/mol. The van der Waals surface area contributed by atoms with Crippen LogP contribution >= 0.6 is 0 Å². The van der Waals surface area contributed by atoms with Crippen LogP contribution in [0, 0.1) is 5.92 Å². The summed E-state index contributed by atoms with van der Waals surface area (Å²) in [5, 5.41) is 0. The predicted octanol–water partition coefficient (Wildman–Crippen LogP) is -0.303. The smallest absolute Gasteiger partial charge is 0.784 e. The molecule has 0 aliphatic carbocycles. The summed E-state index contributed by atoms with van der Waals surface area (Å²) >= 11 is -3.11. The zero-order chi connectivity index (χ0) is 18.5. The second-order valence-electron chi connectivity index (χ2n) is 6.70. The van der Waals surface area contributed by atoms with E-state index in [1.165, 1.54) is 89.9 Å². The Labute approximate surface area is 209 Å². The van der Waals surface area contributed by atoms with Gasteiger partial charge in [-0.15, -0.1) is 11.4 Å². The normalized spacial score (nSPS) is 11.0. The van der Waals surface area contributed by atoms with E-state index in [-0.39, 0.29) is 65.0 Å². The quantitative estimate of drug-likeness (QED) is 0.152. The molecule has 0 N–H and O–H groups in total. The van der Waals surface area contributed by atoms with Gasteiger partial charge in [-0.25, -0.2) is 0 Å². The van der Waals surface area contributed by atoms with E-state index in [1.807, 2.05) is 6.92 Å². The van der Waals surface area contributed by atoms with E-state index in [2.05, 4.69) is 6.92 Å². The standard InChI is InChI=1S/C19H38O.2Na.H2O3S/c1-3-4-5-6-7-8-9-10-11-12-13-14-15-16-17-19(2)18-20;;;1-4(2)3/h18-19H,3-17H2,1-2H3;;;(H2,1,2,3)/q;2*+1;/p-2. The Morgan fingerprint density at radius 2 is 1.00 bits per heavy atom. The van der Waals surface area contributed by atoms with E-state index in [1.54, 1.807) is 0 Å². The third kappa shape index (κ3) is 40.4. The van der Waals surface area contributed by atoms with Gasteiger partial charge < -0.3 is 13.9 Å². The van der Waals surface area contributed by atoms with Crippen molar-refractivity contribution in [3.05, 3.63) is 0 Å². The van der Waals surface area contributed by atoms with E-state index in [0.29, 0.717) is 0 Å². The molecular weight excluding hydrogens is 370 g/mol. The zero-order valence-electron chi connectivity index (χ0n) is 17.8. The third-order valence-corrected chi connectivity index (χ3v) is 4.25. The molecule has 0 spiro atoms. The number of unbranched alkanes of at least 4 members (excludes halogenated alkanes) is 13.